The molecule has 4 aromatic rings. The lowest BCUT2D eigenvalue weighted by atomic mass is 10.1. The van der Waals surface area contributed by atoms with E-state index < -0.39 is 0 Å². The van der Waals surface area contributed by atoms with Gasteiger partial charge in [-0.1, -0.05) is 48.0 Å². The molecule has 0 atom stereocenters. The molecule has 0 spiro atoms. The number of hydrogen-bond acceptors (Lipinski definition) is 4. The summed E-state index contributed by atoms with van der Waals surface area (Å²) in [5, 5.41) is 4.13. The van der Waals surface area contributed by atoms with E-state index in [1.54, 1.807) is 30.5 Å². The summed E-state index contributed by atoms with van der Waals surface area (Å²) in [6, 6.07) is 28.8. The summed E-state index contributed by atoms with van der Waals surface area (Å²) >= 11 is 0. The van der Waals surface area contributed by atoms with Gasteiger partial charge >= 0.3 is 0 Å². The van der Waals surface area contributed by atoms with Gasteiger partial charge < -0.3 is 9.47 Å². The van der Waals surface area contributed by atoms with Crippen LogP contribution in [0.5, 0.6) is 17.2 Å². The number of amides is 1. The van der Waals surface area contributed by atoms with Crippen molar-refractivity contribution in [2.45, 2.75) is 27.4 Å². The maximum absolute atomic E-state index is 12.5. The molecule has 35 heavy (non-hydrogen) atoms. The molecule has 5 heteroatoms. The van der Waals surface area contributed by atoms with Crippen LogP contribution in [0.3, 0.4) is 0 Å². The number of nitrogens with zero attached hydrogens (tertiary/aromatic N) is 1. The largest absolute Gasteiger partial charge is 0.489 e. The summed E-state index contributed by atoms with van der Waals surface area (Å²) in [5.74, 6) is 1.81. The molecular weight excluding hydrogens is 436 g/mol. The Morgan fingerprint density at radius 1 is 0.800 bits per heavy atom. The maximum Gasteiger partial charge on any atom is 0.271 e. The van der Waals surface area contributed by atoms with Gasteiger partial charge in [0.15, 0.2) is 0 Å². The zero-order chi connectivity index (χ0) is 24.6. The maximum atomic E-state index is 12.5. The summed E-state index contributed by atoms with van der Waals surface area (Å²) < 4.78 is 11.9. The molecule has 0 aromatic heterocycles. The number of hydrogen-bond donors (Lipinski definition) is 1. The topological polar surface area (TPSA) is 59.9 Å². The standard InChI is InChI=1S/C30H28N2O3/c1-21-8-10-24(11-9-21)20-34-27-14-12-25(13-15-27)30(33)32-31-19-26-6-4-5-7-29(26)35-28-17-22(2)16-23(3)18-28/h4-19H,20H2,1-3H3,(H,32,33). The van der Waals surface area contributed by atoms with E-state index in [9.17, 15) is 4.79 Å². The molecule has 0 aliphatic rings. The molecule has 5 nitrogen and oxygen atoms in total. The molecule has 0 aliphatic carbocycles. The molecule has 4 rings (SSSR count). The molecule has 0 unspecified atom stereocenters. The molecule has 0 bridgehead atoms. The van der Waals surface area contributed by atoms with E-state index >= 15 is 0 Å². The van der Waals surface area contributed by atoms with Crippen LogP contribution in [0.15, 0.2) is 96.1 Å². The minimum absolute atomic E-state index is 0.306. The lowest BCUT2D eigenvalue weighted by molar-refractivity contribution is 0.0955. The van der Waals surface area contributed by atoms with E-state index in [1.807, 2.05) is 62.4 Å². The van der Waals surface area contributed by atoms with Gasteiger partial charge in [-0.2, -0.15) is 5.10 Å². The number of nitrogens with one attached hydrogen (secondary N) is 1. The second-order valence-electron chi connectivity index (χ2n) is 8.46. The van der Waals surface area contributed by atoms with Crippen molar-refractivity contribution < 1.29 is 14.3 Å². The first-order valence-electron chi connectivity index (χ1n) is 11.4. The van der Waals surface area contributed by atoms with Crippen molar-refractivity contribution in [2.75, 3.05) is 0 Å². The van der Waals surface area contributed by atoms with Gasteiger partial charge in [0.05, 0.1) is 6.21 Å². The fraction of sp³-hybridized carbons (Fsp3) is 0.133. The molecule has 0 saturated carbocycles. The van der Waals surface area contributed by atoms with Crippen molar-refractivity contribution >= 4 is 12.1 Å². The smallest absolute Gasteiger partial charge is 0.271 e. The molecule has 4 aromatic carbocycles. The van der Waals surface area contributed by atoms with Crippen LogP contribution in [0.25, 0.3) is 0 Å². The number of rotatable bonds is 8. The summed E-state index contributed by atoms with van der Waals surface area (Å²) in [6.07, 6.45) is 1.58. The van der Waals surface area contributed by atoms with E-state index in [0.717, 1.165) is 28.0 Å². The summed E-state index contributed by atoms with van der Waals surface area (Å²) in [6.45, 7) is 6.59. The SMILES string of the molecule is Cc1ccc(COc2ccc(C(=O)NN=Cc3ccccc3Oc3cc(C)cc(C)c3)cc2)cc1. The molecule has 1 amide bonds. The Labute approximate surface area is 206 Å². The molecule has 0 heterocycles. The zero-order valence-corrected chi connectivity index (χ0v) is 20.1. The number of carbonyl (C=O) groups is 1. The lowest BCUT2D eigenvalue weighted by Gasteiger charge is -2.10. The number of hydrazone groups is 1. The predicted molar refractivity (Wildman–Crippen MR) is 139 cm³/mol. The second-order valence-corrected chi connectivity index (χ2v) is 8.46. The first-order valence-corrected chi connectivity index (χ1v) is 11.4. The van der Waals surface area contributed by atoms with E-state index in [2.05, 4.69) is 35.7 Å². The fourth-order valence-corrected chi connectivity index (χ4v) is 3.58. The molecule has 0 radical (unpaired) electrons. The highest BCUT2D eigenvalue weighted by atomic mass is 16.5. The normalized spacial score (nSPS) is 10.8. The Morgan fingerprint density at radius 3 is 2.20 bits per heavy atom. The molecule has 0 aliphatic heterocycles. The van der Waals surface area contributed by atoms with E-state index in [1.165, 1.54) is 5.56 Å². The number of benzene rings is 4. The van der Waals surface area contributed by atoms with Crippen LogP contribution in [-0.2, 0) is 6.61 Å². The Balaban J connectivity index is 1.35. The van der Waals surface area contributed by atoms with Crippen LogP contribution in [-0.4, -0.2) is 12.1 Å². The Kier molecular flexibility index (Phi) is 7.58. The number of ether oxygens (including phenoxy) is 2. The van der Waals surface area contributed by atoms with E-state index in [0.29, 0.717) is 23.7 Å². The molecular formula is C30H28N2O3. The van der Waals surface area contributed by atoms with Crippen molar-refractivity contribution in [3.05, 3.63) is 124 Å². The first-order chi connectivity index (χ1) is 17.0. The monoisotopic (exact) mass is 464 g/mol. The third-order valence-electron chi connectivity index (χ3n) is 5.35. The number of carbonyl (C=O) groups excluding carboxylic acids is 1. The van der Waals surface area contributed by atoms with Crippen molar-refractivity contribution in [3.63, 3.8) is 0 Å². The van der Waals surface area contributed by atoms with Crippen LogP contribution >= 0.6 is 0 Å². The van der Waals surface area contributed by atoms with Crippen LogP contribution in [0.2, 0.25) is 0 Å². The zero-order valence-electron chi connectivity index (χ0n) is 20.1. The average Bonchev–Trinajstić information content (AvgIpc) is 2.84. The van der Waals surface area contributed by atoms with Gasteiger partial charge in [-0.3, -0.25) is 4.79 Å². The van der Waals surface area contributed by atoms with Gasteiger partial charge in [0, 0.05) is 11.1 Å². The minimum Gasteiger partial charge on any atom is -0.489 e. The van der Waals surface area contributed by atoms with Crippen LogP contribution < -0.4 is 14.9 Å². The second kappa shape index (κ2) is 11.2. The van der Waals surface area contributed by atoms with Crippen molar-refractivity contribution in [2.24, 2.45) is 5.10 Å². The molecule has 0 fully saturated rings. The Morgan fingerprint density at radius 2 is 1.49 bits per heavy atom. The van der Waals surface area contributed by atoms with Crippen LogP contribution in [0.4, 0.5) is 0 Å². The minimum atomic E-state index is -0.306. The quantitative estimate of drug-likeness (QED) is 0.232. The lowest BCUT2D eigenvalue weighted by Crippen LogP contribution is -2.17. The predicted octanol–water partition coefficient (Wildman–Crippen LogP) is 6.75. The van der Waals surface area contributed by atoms with E-state index in [4.69, 9.17) is 9.47 Å². The highest BCUT2D eigenvalue weighted by molar-refractivity contribution is 5.95. The van der Waals surface area contributed by atoms with Gasteiger partial charge in [0.1, 0.15) is 23.9 Å². The highest BCUT2D eigenvalue weighted by Gasteiger charge is 2.07. The number of aryl methyl sites for hydroxylation is 3. The molecule has 0 saturated heterocycles. The van der Waals surface area contributed by atoms with Crippen molar-refractivity contribution in [3.8, 4) is 17.2 Å². The van der Waals surface area contributed by atoms with Gasteiger partial charge in [-0.25, -0.2) is 5.43 Å². The van der Waals surface area contributed by atoms with Crippen molar-refractivity contribution in [1.29, 1.82) is 0 Å². The Bertz CT molecular complexity index is 1310. The van der Waals surface area contributed by atoms with Gasteiger partial charge in [-0.15, -0.1) is 0 Å². The van der Waals surface area contributed by atoms with Crippen molar-refractivity contribution in [1.82, 2.24) is 5.43 Å². The third-order valence-corrected chi connectivity index (χ3v) is 5.35. The van der Waals surface area contributed by atoms with Gasteiger partial charge in [0.25, 0.3) is 5.91 Å². The summed E-state index contributed by atoms with van der Waals surface area (Å²) in [5.41, 5.74) is 8.38. The summed E-state index contributed by atoms with van der Waals surface area (Å²) in [7, 11) is 0. The fourth-order valence-electron chi connectivity index (χ4n) is 3.58. The third kappa shape index (κ3) is 6.81. The van der Waals surface area contributed by atoms with Crippen LogP contribution in [0, 0.1) is 20.8 Å². The average molecular weight is 465 g/mol. The van der Waals surface area contributed by atoms with Crippen LogP contribution in [0.1, 0.15) is 38.2 Å². The highest BCUT2D eigenvalue weighted by Crippen LogP contribution is 2.26. The summed E-state index contributed by atoms with van der Waals surface area (Å²) in [4.78, 5) is 12.5. The van der Waals surface area contributed by atoms with E-state index in [-0.39, 0.29) is 5.91 Å². The number of para-hydroxylation sites is 1. The first kappa shape index (κ1) is 23.8. The van der Waals surface area contributed by atoms with Gasteiger partial charge in [-0.05, 0) is 86.0 Å². The Hall–Kier alpha value is -4.38. The van der Waals surface area contributed by atoms with Gasteiger partial charge in [0.2, 0.25) is 0 Å². The molecule has 176 valence electrons. The molecule has 1 N–H and O–H groups in total.